The van der Waals surface area contributed by atoms with Crippen LogP contribution in [0, 0.1) is 11.3 Å². The molecular weight excluding hydrogens is 436 g/mol. The molecule has 0 bridgehead atoms. The normalized spacial score (nSPS) is 17.2. The van der Waals surface area contributed by atoms with E-state index < -0.39 is 39.6 Å². The SMILES string of the molecule is C1=NN=N[NH2+]1.C1=NN=N[NH2+]1.CC(CCC(CC(=O)[O-])(C(=O)[O-])S(=O)(=O)O)CC(C)(C)C. The molecule has 16 heteroatoms. The van der Waals surface area contributed by atoms with Crippen LogP contribution in [0.15, 0.2) is 31.1 Å². The first kappa shape index (κ1) is 28.3. The molecule has 0 saturated carbocycles. The molecule has 0 fully saturated rings. The number of nitrogens with zero attached hydrogens (tertiary/aromatic N) is 6. The molecule has 0 aromatic heterocycles. The third-order valence-corrected chi connectivity index (χ3v) is 5.41. The summed E-state index contributed by atoms with van der Waals surface area (Å²) >= 11 is 0. The number of quaternary nitrogens is 2. The zero-order valence-corrected chi connectivity index (χ0v) is 18.5. The van der Waals surface area contributed by atoms with Crippen molar-refractivity contribution in [2.75, 3.05) is 0 Å². The molecule has 0 aliphatic carbocycles. The van der Waals surface area contributed by atoms with Gasteiger partial charge in [0.2, 0.25) is 12.7 Å². The fourth-order valence-electron chi connectivity index (χ4n) is 2.75. The van der Waals surface area contributed by atoms with Gasteiger partial charge in [-0.05, 0) is 30.6 Å². The zero-order valence-electron chi connectivity index (χ0n) is 17.7. The molecule has 15 nitrogen and oxygen atoms in total. The topological polar surface area (TPSA) is 242 Å². The van der Waals surface area contributed by atoms with Crippen molar-refractivity contribution in [3.63, 3.8) is 0 Å². The molecule has 2 aliphatic heterocycles. The lowest BCUT2D eigenvalue weighted by atomic mass is 9.82. The summed E-state index contributed by atoms with van der Waals surface area (Å²) in [4.78, 5) is 21.8. The fraction of sp³-hybridized carbons (Fsp3) is 0.733. The Morgan fingerprint density at radius 2 is 1.55 bits per heavy atom. The Morgan fingerprint density at radius 1 is 1.06 bits per heavy atom. The summed E-state index contributed by atoms with van der Waals surface area (Å²) in [5.74, 6) is -4.05. The summed E-state index contributed by atoms with van der Waals surface area (Å²) in [6.45, 7) is 7.71. The highest BCUT2D eigenvalue weighted by molar-refractivity contribution is 7.88. The summed E-state index contributed by atoms with van der Waals surface area (Å²) in [5.41, 5.74) is 3.01. The summed E-state index contributed by atoms with van der Waals surface area (Å²) in [6.07, 6.45) is 1.99. The third-order valence-electron chi connectivity index (χ3n) is 3.90. The Labute approximate surface area is 179 Å². The van der Waals surface area contributed by atoms with E-state index in [-0.39, 0.29) is 17.8 Å². The van der Waals surface area contributed by atoms with Crippen molar-refractivity contribution in [1.82, 2.24) is 0 Å². The second-order valence-corrected chi connectivity index (χ2v) is 9.68. The second-order valence-electron chi connectivity index (χ2n) is 7.95. The number of carbonyl (C=O) groups excluding carboxylic acids is 2. The minimum atomic E-state index is -5.14. The average molecular weight is 465 g/mol. The molecule has 0 aromatic carbocycles. The molecule has 2 heterocycles. The van der Waals surface area contributed by atoms with Crippen LogP contribution >= 0.6 is 0 Å². The number of carboxylic acid groups (broad SMARTS) is 2. The summed E-state index contributed by atoms with van der Waals surface area (Å²) < 4.78 is 29.0. The largest absolute Gasteiger partial charge is 0.550 e. The first-order valence-corrected chi connectivity index (χ1v) is 10.5. The third kappa shape index (κ3) is 11.9. The van der Waals surface area contributed by atoms with Crippen LogP contribution < -0.4 is 21.1 Å². The van der Waals surface area contributed by atoms with Crippen LogP contribution in [-0.2, 0) is 19.7 Å². The number of carbonyl (C=O) groups is 2. The van der Waals surface area contributed by atoms with E-state index in [0.717, 1.165) is 0 Å². The van der Waals surface area contributed by atoms with E-state index in [0.29, 0.717) is 6.42 Å². The van der Waals surface area contributed by atoms with Crippen molar-refractivity contribution in [2.24, 2.45) is 42.4 Å². The lowest BCUT2D eigenvalue weighted by Gasteiger charge is -2.33. The fourth-order valence-corrected chi connectivity index (χ4v) is 3.63. The molecule has 0 radical (unpaired) electrons. The smallest absolute Gasteiger partial charge is 0.276 e. The van der Waals surface area contributed by atoms with Gasteiger partial charge < -0.3 is 19.8 Å². The minimum absolute atomic E-state index is 0.0456. The molecule has 0 amide bonds. The molecule has 2 atom stereocenters. The Bertz CT molecular complexity index is 778. The summed E-state index contributed by atoms with van der Waals surface area (Å²) in [5, 5.41) is 41.7. The van der Waals surface area contributed by atoms with Gasteiger partial charge in [0, 0.05) is 22.8 Å². The predicted octanol–water partition coefficient (Wildman–Crippen LogP) is -2.90. The van der Waals surface area contributed by atoms with E-state index >= 15 is 0 Å². The van der Waals surface area contributed by atoms with Gasteiger partial charge in [0.1, 0.15) is 4.75 Å². The van der Waals surface area contributed by atoms with Gasteiger partial charge in [0.15, 0.2) is 0 Å². The van der Waals surface area contributed by atoms with Crippen molar-refractivity contribution in [3.05, 3.63) is 0 Å². The quantitative estimate of drug-likeness (QED) is 0.249. The first-order chi connectivity index (χ1) is 14.2. The average Bonchev–Trinajstić information content (AvgIpc) is 3.33. The Hall–Kier alpha value is -2.69. The monoisotopic (exact) mass is 464 g/mol. The van der Waals surface area contributed by atoms with Crippen LogP contribution in [0.25, 0.3) is 0 Å². The van der Waals surface area contributed by atoms with Gasteiger partial charge in [-0.3, -0.25) is 4.55 Å². The summed E-state index contributed by atoms with van der Waals surface area (Å²) in [6, 6.07) is 0. The van der Waals surface area contributed by atoms with E-state index in [2.05, 4.69) is 31.1 Å². The van der Waals surface area contributed by atoms with Crippen LogP contribution in [0.4, 0.5) is 0 Å². The highest BCUT2D eigenvalue weighted by Gasteiger charge is 2.44. The van der Waals surface area contributed by atoms with Crippen molar-refractivity contribution in [2.45, 2.75) is 58.1 Å². The summed E-state index contributed by atoms with van der Waals surface area (Å²) in [7, 11) is -5.14. The van der Waals surface area contributed by atoms with Gasteiger partial charge in [-0.1, -0.05) is 37.9 Å². The maximum atomic E-state index is 11.4. The molecule has 0 aromatic rings. The highest BCUT2D eigenvalue weighted by atomic mass is 32.2. The molecule has 0 saturated heterocycles. The molecule has 2 unspecified atom stereocenters. The van der Waals surface area contributed by atoms with Crippen molar-refractivity contribution < 1.29 is 43.6 Å². The molecule has 2 rings (SSSR count). The van der Waals surface area contributed by atoms with Gasteiger partial charge in [-0.15, -0.1) is 0 Å². The number of rotatable bonds is 8. The Morgan fingerprint density at radius 3 is 1.77 bits per heavy atom. The maximum absolute atomic E-state index is 11.4. The number of aliphatic carboxylic acids is 2. The lowest BCUT2D eigenvalue weighted by Crippen LogP contribution is -2.74. The number of nitrogens with two attached hydrogens (primary N) is 2. The molecule has 31 heavy (non-hydrogen) atoms. The number of hydrogen-bond donors (Lipinski definition) is 3. The first-order valence-electron chi connectivity index (χ1n) is 9.09. The molecule has 0 spiro atoms. The zero-order chi connectivity index (χ0) is 24.1. The van der Waals surface area contributed by atoms with Crippen LogP contribution in [0.2, 0.25) is 0 Å². The number of hydrogen-bond acceptors (Lipinski definition) is 12. The van der Waals surface area contributed by atoms with Gasteiger partial charge in [-0.25, -0.2) is 0 Å². The van der Waals surface area contributed by atoms with Crippen LogP contribution in [0.5, 0.6) is 0 Å². The van der Waals surface area contributed by atoms with Gasteiger partial charge >= 0.3 is 0 Å². The lowest BCUT2D eigenvalue weighted by molar-refractivity contribution is -0.538. The Kier molecular flexibility index (Phi) is 11.8. The van der Waals surface area contributed by atoms with E-state index in [1.54, 1.807) is 6.92 Å². The highest BCUT2D eigenvalue weighted by Crippen LogP contribution is 2.32. The van der Waals surface area contributed by atoms with Crippen LogP contribution in [0.1, 0.15) is 53.4 Å². The molecular formula is C15H28N8O7S. The van der Waals surface area contributed by atoms with E-state index in [1.807, 2.05) is 20.8 Å². The van der Waals surface area contributed by atoms with Crippen molar-refractivity contribution in [1.29, 1.82) is 0 Å². The van der Waals surface area contributed by atoms with E-state index in [1.165, 1.54) is 23.5 Å². The van der Waals surface area contributed by atoms with Crippen molar-refractivity contribution in [3.8, 4) is 0 Å². The predicted molar refractivity (Wildman–Crippen MR) is 102 cm³/mol. The van der Waals surface area contributed by atoms with E-state index in [9.17, 15) is 28.2 Å². The second kappa shape index (κ2) is 12.9. The standard InChI is InChI=1S/C13H24O7S.2CH2N4/c1-9(7-12(2,3)4)5-6-13(11(16)17,8-10(14)15)21(18,19)20;2*1-2-4-5-3-1/h9H,5-8H2,1-4H3,(H,14,15)(H,16,17)(H,18,19,20);2*1H,(H,2,3,4,5). The Balaban J connectivity index is 0.000000715. The molecule has 2 aliphatic rings. The molecule has 5 N–H and O–H groups in total. The van der Waals surface area contributed by atoms with Crippen molar-refractivity contribution >= 4 is 34.7 Å². The van der Waals surface area contributed by atoms with Gasteiger partial charge in [0.25, 0.3) is 10.1 Å². The van der Waals surface area contributed by atoms with Gasteiger partial charge in [-0.2, -0.15) is 19.3 Å². The number of carboxylic acids is 2. The van der Waals surface area contributed by atoms with Crippen LogP contribution in [0.3, 0.4) is 0 Å². The maximum Gasteiger partial charge on any atom is 0.276 e. The molecule has 176 valence electrons. The minimum Gasteiger partial charge on any atom is -0.550 e. The van der Waals surface area contributed by atoms with E-state index in [4.69, 9.17) is 4.55 Å². The van der Waals surface area contributed by atoms with Gasteiger partial charge in [0.05, 0.1) is 16.4 Å². The van der Waals surface area contributed by atoms with Crippen LogP contribution in [-0.4, -0.2) is 42.3 Å².